The number of hydrogen-bond donors (Lipinski definition) is 1. The van der Waals surface area contributed by atoms with Crippen molar-refractivity contribution < 1.29 is 18.0 Å². The Labute approximate surface area is 211 Å². The summed E-state index contributed by atoms with van der Waals surface area (Å²) in [5.41, 5.74) is 4.25. The van der Waals surface area contributed by atoms with Crippen LogP contribution in [0, 0.1) is 13.8 Å². The average Bonchev–Trinajstić information content (AvgIpc) is 3.50. The van der Waals surface area contributed by atoms with Gasteiger partial charge in [0, 0.05) is 49.4 Å². The number of nitrogens with zero attached hydrogens (tertiary/aromatic N) is 6. The maximum Gasteiger partial charge on any atom is 0.249 e. The van der Waals surface area contributed by atoms with E-state index in [-0.39, 0.29) is 24.7 Å². The Morgan fingerprint density at radius 3 is 2.70 bits per heavy atom. The zero-order valence-corrected chi connectivity index (χ0v) is 20.8. The van der Waals surface area contributed by atoms with Gasteiger partial charge in [0.05, 0.1) is 13.2 Å². The molecule has 0 spiro atoms. The summed E-state index contributed by atoms with van der Waals surface area (Å²) in [7, 11) is 1.66. The molecule has 11 heteroatoms. The Morgan fingerprint density at radius 1 is 1.16 bits per heavy atom. The number of methoxy groups -OCH3 is 1. The van der Waals surface area contributed by atoms with Gasteiger partial charge in [-0.1, -0.05) is 17.3 Å². The van der Waals surface area contributed by atoms with Crippen LogP contribution < -0.4 is 5.49 Å². The number of benzene rings is 1. The molecule has 1 aliphatic carbocycles. The molecule has 0 amide bonds. The number of H-pyrrole nitrogens is 1. The van der Waals surface area contributed by atoms with E-state index in [0.29, 0.717) is 30.3 Å². The van der Waals surface area contributed by atoms with Crippen molar-refractivity contribution in [3.8, 4) is 22.8 Å². The molecule has 1 aliphatic rings. The molecule has 1 N–H and O–H groups in total. The number of ether oxygens (including phenoxy) is 1. The number of alkyl halides is 2. The summed E-state index contributed by atoms with van der Waals surface area (Å²) in [6.45, 7) is 5.11. The summed E-state index contributed by atoms with van der Waals surface area (Å²) in [6, 6.07) is 9.53. The monoisotopic (exact) mass is 507 g/mol. The first kappa shape index (κ1) is 24.7. The molecule has 1 aromatic carbocycles. The van der Waals surface area contributed by atoms with Gasteiger partial charge in [-0.2, -0.15) is 10.1 Å². The van der Waals surface area contributed by atoms with Crippen molar-refractivity contribution in [2.75, 3.05) is 13.7 Å². The van der Waals surface area contributed by atoms with Crippen molar-refractivity contribution in [1.29, 1.82) is 0 Å². The SMILES string of the molecule is COCCn1nc(-c2cc/c(=N/C=C/c3cc(-c4noc(C5CC(F)(F)C5)n4)ccc3C)[nH]c2)nc1C. The molecule has 9 nitrogen and oxygen atoms in total. The van der Waals surface area contributed by atoms with E-state index in [1.165, 1.54) is 0 Å². The quantitative estimate of drug-likeness (QED) is 0.371. The number of aromatic amines is 1. The summed E-state index contributed by atoms with van der Waals surface area (Å²) in [6.07, 6.45) is 4.92. The highest BCUT2D eigenvalue weighted by Gasteiger charge is 2.48. The summed E-state index contributed by atoms with van der Waals surface area (Å²) in [5.74, 6) is -0.911. The third-order valence-corrected chi connectivity index (χ3v) is 6.30. The van der Waals surface area contributed by atoms with E-state index in [1.54, 1.807) is 13.3 Å². The minimum atomic E-state index is -2.63. The van der Waals surface area contributed by atoms with E-state index in [0.717, 1.165) is 28.1 Å². The molecule has 0 unspecified atom stereocenters. The predicted molar refractivity (Wildman–Crippen MR) is 132 cm³/mol. The molecule has 0 aliphatic heterocycles. The smallest absolute Gasteiger partial charge is 0.249 e. The fourth-order valence-electron chi connectivity index (χ4n) is 4.08. The third-order valence-electron chi connectivity index (χ3n) is 6.30. The molecule has 5 rings (SSSR count). The van der Waals surface area contributed by atoms with Gasteiger partial charge in [-0.05, 0) is 49.2 Å². The second-order valence-electron chi connectivity index (χ2n) is 9.09. The van der Waals surface area contributed by atoms with E-state index in [4.69, 9.17) is 9.26 Å². The maximum absolute atomic E-state index is 13.2. The first-order valence-corrected chi connectivity index (χ1v) is 11.9. The lowest BCUT2D eigenvalue weighted by molar-refractivity contribution is -0.0925. The number of rotatable bonds is 8. The largest absolute Gasteiger partial charge is 0.383 e. The number of aromatic nitrogens is 6. The van der Waals surface area contributed by atoms with Crippen molar-refractivity contribution in [1.82, 2.24) is 29.9 Å². The topological polar surface area (TPSA) is 107 Å². The van der Waals surface area contributed by atoms with Crippen LogP contribution in [0.2, 0.25) is 0 Å². The Balaban J connectivity index is 1.29. The highest BCUT2D eigenvalue weighted by atomic mass is 19.3. The Morgan fingerprint density at radius 2 is 1.97 bits per heavy atom. The van der Waals surface area contributed by atoms with Crippen LogP contribution in [0.5, 0.6) is 0 Å². The van der Waals surface area contributed by atoms with Gasteiger partial charge < -0.3 is 14.2 Å². The van der Waals surface area contributed by atoms with Gasteiger partial charge in [0.25, 0.3) is 0 Å². The molecule has 1 saturated carbocycles. The highest BCUT2D eigenvalue weighted by molar-refractivity contribution is 5.64. The summed E-state index contributed by atoms with van der Waals surface area (Å²) in [5, 5.41) is 8.52. The Bertz CT molecular complexity index is 1470. The molecule has 0 atom stereocenters. The molecular formula is C26H27F2N7O2. The van der Waals surface area contributed by atoms with Crippen LogP contribution in [0.3, 0.4) is 0 Å². The molecule has 4 aromatic rings. The van der Waals surface area contributed by atoms with Crippen LogP contribution in [0.15, 0.2) is 52.2 Å². The van der Waals surface area contributed by atoms with Gasteiger partial charge >= 0.3 is 0 Å². The normalized spacial score (nSPS) is 16.0. The number of aryl methyl sites for hydroxylation is 2. The van der Waals surface area contributed by atoms with Crippen LogP contribution in [-0.2, 0) is 11.3 Å². The molecule has 0 radical (unpaired) electrons. The minimum absolute atomic E-state index is 0.246. The molecule has 0 bridgehead atoms. The predicted octanol–water partition coefficient (Wildman–Crippen LogP) is 4.67. The van der Waals surface area contributed by atoms with Gasteiger partial charge in [-0.25, -0.2) is 23.4 Å². The van der Waals surface area contributed by atoms with E-state index in [2.05, 4.69) is 30.2 Å². The zero-order chi connectivity index (χ0) is 26.0. The van der Waals surface area contributed by atoms with E-state index in [1.807, 2.05) is 61.1 Å². The van der Waals surface area contributed by atoms with Crippen LogP contribution >= 0.6 is 0 Å². The molecule has 37 heavy (non-hydrogen) atoms. The lowest BCUT2D eigenvalue weighted by Gasteiger charge is -2.31. The number of hydrogen-bond acceptors (Lipinski definition) is 7. The molecule has 0 saturated heterocycles. The molecule has 3 heterocycles. The molecular weight excluding hydrogens is 480 g/mol. The first-order chi connectivity index (χ1) is 17.8. The second-order valence-corrected chi connectivity index (χ2v) is 9.09. The van der Waals surface area contributed by atoms with E-state index in [9.17, 15) is 8.78 Å². The minimum Gasteiger partial charge on any atom is -0.383 e. The fraction of sp³-hybridized carbons (Fsp3) is 0.346. The Kier molecular flexibility index (Phi) is 6.79. The van der Waals surface area contributed by atoms with Crippen LogP contribution in [-0.4, -0.2) is 49.5 Å². The third kappa shape index (κ3) is 5.56. The second kappa shape index (κ2) is 10.2. The molecule has 1 fully saturated rings. The van der Waals surface area contributed by atoms with Crippen molar-refractivity contribution in [3.63, 3.8) is 0 Å². The zero-order valence-electron chi connectivity index (χ0n) is 20.8. The number of pyridine rings is 1. The van der Waals surface area contributed by atoms with Gasteiger partial charge in [-0.3, -0.25) is 0 Å². The maximum atomic E-state index is 13.2. The van der Waals surface area contributed by atoms with Crippen molar-refractivity contribution in [3.05, 3.63) is 71.1 Å². The fourth-order valence-corrected chi connectivity index (χ4v) is 4.08. The number of halogens is 2. The summed E-state index contributed by atoms with van der Waals surface area (Å²) in [4.78, 5) is 16.5. The lowest BCUT2D eigenvalue weighted by Crippen LogP contribution is -2.33. The van der Waals surface area contributed by atoms with Crippen LogP contribution in [0.25, 0.3) is 28.9 Å². The Hall–Kier alpha value is -3.99. The lowest BCUT2D eigenvalue weighted by atomic mass is 9.81. The molecule has 192 valence electrons. The van der Waals surface area contributed by atoms with Crippen molar-refractivity contribution in [2.45, 2.75) is 45.1 Å². The van der Waals surface area contributed by atoms with Gasteiger partial charge in [-0.15, -0.1) is 0 Å². The van der Waals surface area contributed by atoms with Crippen LogP contribution in [0.1, 0.15) is 41.6 Å². The molecule has 3 aromatic heterocycles. The average molecular weight is 508 g/mol. The van der Waals surface area contributed by atoms with Gasteiger partial charge in [0.15, 0.2) is 5.82 Å². The van der Waals surface area contributed by atoms with Crippen molar-refractivity contribution in [2.24, 2.45) is 4.99 Å². The van der Waals surface area contributed by atoms with E-state index < -0.39 is 5.92 Å². The summed E-state index contributed by atoms with van der Waals surface area (Å²) >= 11 is 0. The van der Waals surface area contributed by atoms with Gasteiger partial charge in [0.2, 0.25) is 17.6 Å². The van der Waals surface area contributed by atoms with Gasteiger partial charge in [0.1, 0.15) is 11.3 Å². The first-order valence-electron chi connectivity index (χ1n) is 11.9. The van der Waals surface area contributed by atoms with E-state index >= 15 is 0 Å². The van der Waals surface area contributed by atoms with Crippen LogP contribution in [0.4, 0.5) is 8.78 Å². The van der Waals surface area contributed by atoms with Crippen molar-refractivity contribution >= 4 is 6.08 Å². The highest BCUT2D eigenvalue weighted by Crippen LogP contribution is 2.47. The standard InChI is InChI=1S/C26H27F2N7O2/c1-16-4-5-19(24-32-25(37-34-24)21-13-26(27,28)14-21)12-18(16)8-9-29-22-7-6-20(15-30-22)23-31-17(2)35(33-23)10-11-36-3/h4-9,12,15,21H,10-11,13-14H2,1-3H3,(H,29,30)/b9-8+. The number of nitrogens with one attached hydrogen (secondary N) is 1. The summed E-state index contributed by atoms with van der Waals surface area (Å²) < 4.78 is 38.5.